The molecule has 1 saturated carbocycles. The minimum absolute atomic E-state index is 0.124. The Balaban J connectivity index is 1.77. The van der Waals surface area contributed by atoms with E-state index in [1.54, 1.807) is 12.4 Å². The highest BCUT2D eigenvalue weighted by atomic mass is 16.1. The lowest BCUT2D eigenvalue weighted by atomic mass is 9.70. The number of aromatic amines is 1. The topological polar surface area (TPSA) is 75.9 Å². The predicted molar refractivity (Wildman–Crippen MR) is 110 cm³/mol. The van der Waals surface area contributed by atoms with E-state index < -0.39 is 0 Å². The molecule has 1 aliphatic carbocycles. The number of hydrogen-bond acceptors (Lipinski definition) is 4. The van der Waals surface area contributed by atoms with Crippen LogP contribution in [-0.4, -0.2) is 24.6 Å². The molecule has 6 heteroatoms. The number of rotatable bonds is 3. The van der Waals surface area contributed by atoms with E-state index in [1.165, 1.54) is 12.8 Å². The summed E-state index contributed by atoms with van der Waals surface area (Å²) in [6.45, 7) is 9.04. The van der Waals surface area contributed by atoms with E-state index in [1.807, 2.05) is 23.6 Å². The van der Waals surface area contributed by atoms with Crippen LogP contribution in [0.15, 0.2) is 29.3 Å². The van der Waals surface area contributed by atoms with Crippen molar-refractivity contribution in [1.29, 1.82) is 0 Å². The molecule has 28 heavy (non-hydrogen) atoms. The largest absolute Gasteiger partial charge is 0.303 e. The van der Waals surface area contributed by atoms with Crippen molar-refractivity contribution in [3.8, 4) is 11.4 Å². The fraction of sp³-hybridized carbons (Fsp3) is 0.545. The molecule has 0 spiro atoms. The predicted octanol–water partition coefficient (Wildman–Crippen LogP) is 4.36. The van der Waals surface area contributed by atoms with Crippen molar-refractivity contribution in [2.75, 3.05) is 0 Å². The van der Waals surface area contributed by atoms with E-state index in [-0.39, 0.29) is 5.56 Å². The lowest BCUT2D eigenvalue weighted by molar-refractivity contribution is 0.167. The van der Waals surface area contributed by atoms with Crippen LogP contribution in [0, 0.1) is 11.3 Å². The number of hydrogen-bond donors (Lipinski definition) is 1. The van der Waals surface area contributed by atoms with E-state index in [2.05, 4.69) is 30.7 Å². The minimum Gasteiger partial charge on any atom is -0.303 e. The third-order valence-electron chi connectivity index (χ3n) is 6.20. The van der Waals surface area contributed by atoms with E-state index in [0.29, 0.717) is 22.7 Å². The smallest absolute Gasteiger partial charge is 0.277 e. The highest BCUT2D eigenvalue weighted by molar-refractivity contribution is 5.57. The molecule has 0 aromatic carbocycles. The molecule has 1 N–H and O–H groups in total. The molecule has 3 aromatic heterocycles. The summed E-state index contributed by atoms with van der Waals surface area (Å²) >= 11 is 0. The molecule has 0 unspecified atom stereocenters. The second kappa shape index (κ2) is 7.15. The molecule has 0 bridgehead atoms. The van der Waals surface area contributed by atoms with Crippen molar-refractivity contribution in [2.45, 2.75) is 65.7 Å². The highest BCUT2D eigenvalue weighted by Crippen LogP contribution is 2.43. The number of aryl methyl sites for hydroxylation is 1. The van der Waals surface area contributed by atoms with Gasteiger partial charge in [-0.1, -0.05) is 27.7 Å². The molecule has 148 valence electrons. The molecule has 1 fully saturated rings. The van der Waals surface area contributed by atoms with Crippen molar-refractivity contribution in [3.63, 3.8) is 0 Å². The zero-order valence-corrected chi connectivity index (χ0v) is 17.2. The van der Waals surface area contributed by atoms with Crippen LogP contribution in [0.5, 0.6) is 0 Å². The Bertz CT molecular complexity index is 1020. The summed E-state index contributed by atoms with van der Waals surface area (Å²) in [6, 6.07) is 3.71. The molecule has 3 aromatic rings. The van der Waals surface area contributed by atoms with Crippen molar-refractivity contribution in [3.05, 3.63) is 46.4 Å². The van der Waals surface area contributed by atoms with Crippen molar-refractivity contribution in [1.82, 2.24) is 24.6 Å². The summed E-state index contributed by atoms with van der Waals surface area (Å²) in [6.07, 6.45) is 8.74. The van der Waals surface area contributed by atoms with Gasteiger partial charge in [0.05, 0.1) is 5.69 Å². The molecule has 0 saturated heterocycles. The Morgan fingerprint density at radius 2 is 1.82 bits per heavy atom. The fourth-order valence-corrected chi connectivity index (χ4v) is 4.46. The maximum absolute atomic E-state index is 12.9. The minimum atomic E-state index is -0.124. The molecule has 3 heterocycles. The summed E-state index contributed by atoms with van der Waals surface area (Å²) in [5.41, 5.74) is 2.50. The van der Waals surface area contributed by atoms with Crippen molar-refractivity contribution < 1.29 is 0 Å². The normalized spacial score (nSPS) is 20.6. The zero-order valence-electron chi connectivity index (χ0n) is 17.2. The highest BCUT2D eigenvalue weighted by Gasteiger charge is 2.32. The third-order valence-corrected chi connectivity index (χ3v) is 6.20. The van der Waals surface area contributed by atoms with Crippen LogP contribution >= 0.6 is 0 Å². The maximum Gasteiger partial charge on any atom is 0.277 e. The molecular formula is C22H29N5O. The molecule has 0 atom stereocenters. The summed E-state index contributed by atoms with van der Waals surface area (Å²) in [4.78, 5) is 24.7. The molecule has 4 rings (SSSR count). The van der Waals surface area contributed by atoms with E-state index in [0.717, 1.165) is 42.3 Å². The van der Waals surface area contributed by atoms with Gasteiger partial charge in [-0.15, -0.1) is 5.10 Å². The number of H-pyrrole nitrogens is 1. The van der Waals surface area contributed by atoms with Gasteiger partial charge in [0.2, 0.25) is 0 Å². The van der Waals surface area contributed by atoms with Gasteiger partial charge in [-0.3, -0.25) is 9.78 Å². The van der Waals surface area contributed by atoms with Gasteiger partial charge in [-0.2, -0.15) is 0 Å². The van der Waals surface area contributed by atoms with Crippen molar-refractivity contribution in [2.24, 2.45) is 11.3 Å². The molecule has 0 aliphatic heterocycles. The summed E-state index contributed by atoms with van der Waals surface area (Å²) < 4.78 is 1.81. The average Bonchev–Trinajstić information content (AvgIpc) is 3.07. The fourth-order valence-electron chi connectivity index (χ4n) is 4.46. The quantitative estimate of drug-likeness (QED) is 0.733. The second-order valence-electron chi connectivity index (χ2n) is 8.98. The van der Waals surface area contributed by atoms with E-state index >= 15 is 0 Å². The van der Waals surface area contributed by atoms with Crippen LogP contribution in [0.3, 0.4) is 0 Å². The van der Waals surface area contributed by atoms with Gasteiger partial charge in [0.25, 0.3) is 5.56 Å². The van der Waals surface area contributed by atoms with Gasteiger partial charge in [-0.05, 0) is 55.6 Å². The third kappa shape index (κ3) is 3.36. The van der Waals surface area contributed by atoms with Gasteiger partial charge >= 0.3 is 0 Å². The Hall–Kier alpha value is -2.50. The van der Waals surface area contributed by atoms with Crippen molar-refractivity contribution >= 4 is 5.52 Å². The molecular weight excluding hydrogens is 350 g/mol. The summed E-state index contributed by atoms with van der Waals surface area (Å²) in [5.74, 6) is 2.60. The van der Waals surface area contributed by atoms with Gasteiger partial charge < -0.3 is 4.98 Å². The van der Waals surface area contributed by atoms with E-state index in [9.17, 15) is 4.79 Å². The first-order valence-corrected chi connectivity index (χ1v) is 10.3. The SMILES string of the molecule is CCc1nc([C@H]2CC[C@@H](C(C)(C)C)CC2)n2nc(-c3ccncc3)[nH]c(=O)c12. The van der Waals surface area contributed by atoms with E-state index in [4.69, 9.17) is 10.1 Å². The number of aromatic nitrogens is 5. The Morgan fingerprint density at radius 1 is 1.14 bits per heavy atom. The monoisotopic (exact) mass is 379 g/mol. The van der Waals surface area contributed by atoms with Crippen LogP contribution in [-0.2, 0) is 6.42 Å². The Labute approximate surface area is 165 Å². The first-order valence-electron chi connectivity index (χ1n) is 10.3. The Morgan fingerprint density at radius 3 is 2.43 bits per heavy atom. The van der Waals surface area contributed by atoms with Crippen LogP contribution < -0.4 is 5.56 Å². The standard InChI is InChI=1S/C22H29N5O/c1-5-17-18-21(28)25-19(14-10-12-23-13-11-14)26-27(18)20(24-17)15-6-8-16(9-7-15)22(2,3)4/h10-13,15-16H,5-9H2,1-4H3,(H,25,26,28)/t15-,16+. The molecule has 0 amide bonds. The average molecular weight is 380 g/mol. The molecule has 0 radical (unpaired) electrons. The van der Waals surface area contributed by atoms with Crippen LogP contribution in [0.1, 0.15) is 70.8 Å². The Kier molecular flexibility index (Phi) is 4.81. The molecule has 6 nitrogen and oxygen atoms in total. The number of imidazole rings is 1. The summed E-state index contributed by atoms with van der Waals surface area (Å²) in [7, 11) is 0. The number of nitrogens with one attached hydrogen (secondary N) is 1. The van der Waals surface area contributed by atoms with Gasteiger partial charge in [0.1, 0.15) is 5.82 Å². The van der Waals surface area contributed by atoms with Gasteiger partial charge in [0.15, 0.2) is 11.3 Å². The first kappa shape index (κ1) is 18.8. The lowest BCUT2D eigenvalue weighted by Crippen LogP contribution is -2.26. The van der Waals surface area contributed by atoms with Gasteiger partial charge in [0, 0.05) is 23.9 Å². The van der Waals surface area contributed by atoms with Gasteiger partial charge in [-0.25, -0.2) is 9.50 Å². The maximum atomic E-state index is 12.9. The zero-order chi connectivity index (χ0) is 19.9. The first-order chi connectivity index (χ1) is 13.4. The van der Waals surface area contributed by atoms with Crippen LogP contribution in [0.2, 0.25) is 0 Å². The number of pyridine rings is 1. The number of fused-ring (bicyclic) bond motifs is 1. The van der Waals surface area contributed by atoms with Crippen LogP contribution in [0.25, 0.3) is 16.9 Å². The summed E-state index contributed by atoms with van der Waals surface area (Å²) in [5, 5.41) is 4.79. The van der Waals surface area contributed by atoms with Crippen LogP contribution in [0.4, 0.5) is 0 Å². The lowest BCUT2D eigenvalue weighted by Gasteiger charge is -2.36. The number of nitrogens with zero attached hydrogens (tertiary/aromatic N) is 4. The molecule has 1 aliphatic rings. The second-order valence-corrected chi connectivity index (χ2v) is 8.98.